The molecule has 0 aliphatic rings. The second-order valence-corrected chi connectivity index (χ2v) is 6.38. The van der Waals surface area contributed by atoms with Crippen molar-refractivity contribution in [3.05, 3.63) is 52.5 Å². The quantitative estimate of drug-likeness (QED) is 0.805. The fraction of sp³-hybridized carbons (Fsp3) is 0.235. The Morgan fingerprint density at radius 3 is 2.68 bits per heavy atom. The molecule has 0 saturated carbocycles. The predicted molar refractivity (Wildman–Crippen MR) is 93.3 cm³/mol. The number of carbonyl (C=O) groups is 1. The van der Waals surface area contributed by atoms with Crippen LogP contribution in [0.15, 0.2) is 41.3 Å². The first-order valence-electron chi connectivity index (χ1n) is 6.83. The highest BCUT2D eigenvalue weighted by molar-refractivity contribution is 8.00. The highest BCUT2D eigenvalue weighted by Gasteiger charge is 2.08. The van der Waals surface area contributed by atoms with Crippen molar-refractivity contribution in [3.8, 4) is 5.75 Å². The Kier molecular flexibility index (Phi) is 5.75. The zero-order valence-electron chi connectivity index (χ0n) is 12.8. The Balaban J connectivity index is 1.95. The van der Waals surface area contributed by atoms with Crippen LogP contribution in [-0.4, -0.2) is 18.8 Å². The average molecular weight is 336 g/mol. The number of amides is 1. The van der Waals surface area contributed by atoms with Gasteiger partial charge in [-0.05, 0) is 43.7 Å². The average Bonchev–Trinajstić information content (AvgIpc) is 2.48. The highest BCUT2D eigenvalue weighted by Crippen LogP contribution is 2.28. The van der Waals surface area contributed by atoms with Gasteiger partial charge in [-0.2, -0.15) is 0 Å². The van der Waals surface area contributed by atoms with Gasteiger partial charge in [0, 0.05) is 10.6 Å². The molecular weight excluding hydrogens is 318 g/mol. The number of rotatable bonds is 5. The maximum absolute atomic E-state index is 12.0. The number of methoxy groups -OCH3 is 1. The van der Waals surface area contributed by atoms with E-state index in [1.165, 1.54) is 22.9 Å². The first-order chi connectivity index (χ1) is 10.5. The molecule has 0 bridgehead atoms. The summed E-state index contributed by atoms with van der Waals surface area (Å²) in [7, 11) is 1.56. The zero-order valence-corrected chi connectivity index (χ0v) is 14.3. The fourth-order valence-corrected chi connectivity index (χ4v) is 3.13. The Morgan fingerprint density at radius 2 is 2.00 bits per heavy atom. The second kappa shape index (κ2) is 7.56. The molecule has 2 aromatic carbocycles. The van der Waals surface area contributed by atoms with Gasteiger partial charge in [0.05, 0.1) is 17.9 Å². The van der Waals surface area contributed by atoms with Crippen LogP contribution in [0.1, 0.15) is 11.1 Å². The number of aryl methyl sites for hydroxylation is 2. The second-order valence-electron chi connectivity index (χ2n) is 4.96. The normalized spacial score (nSPS) is 10.4. The third-order valence-electron chi connectivity index (χ3n) is 3.14. The van der Waals surface area contributed by atoms with E-state index in [-0.39, 0.29) is 5.91 Å². The van der Waals surface area contributed by atoms with Gasteiger partial charge in [-0.15, -0.1) is 11.8 Å². The molecule has 0 aliphatic carbocycles. The lowest BCUT2D eigenvalue weighted by atomic mass is 10.2. The Labute approximate surface area is 140 Å². The summed E-state index contributed by atoms with van der Waals surface area (Å²) < 4.78 is 5.09. The molecule has 0 aliphatic heterocycles. The van der Waals surface area contributed by atoms with Crippen molar-refractivity contribution in [2.45, 2.75) is 18.7 Å². The predicted octanol–water partition coefficient (Wildman–Crippen LogP) is 4.70. The molecule has 0 heterocycles. The minimum Gasteiger partial charge on any atom is -0.495 e. The molecule has 116 valence electrons. The molecule has 0 unspecified atom stereocenters. The van der Waals surface area contributed by atoms with Crippen molar-refractivity contribution >= 4 is 35.0 Å². The first kappa shape index (κ1) is 16.7. The van der Waals surface area contributed by atoms with Crippen molar-refractivity contribution in [1.29, 1.82) is 0 Å². The van der Waals surface area contributed by atoms with Crippen molar-refractivity contribution < 1.29 is 9.53 Å². The SMILES string of the molecule is COc1ccc(NC(=O)CSc2cc(C)ccc2C)cc1Cl. The topological polar surface area (TPSA) is 38.3 Å². The van der Waals surface area contributed by atoms with E-state index < -0.39 is 0 Å². The third-order valence-corrected chi connectivity index (χ3v) is 4.59. The summed E-state index contributed by atoms with van der Waals surface area (Å²) >= 11 is 7.57. The van der Waals surface area contributed by atoms with Crippen molar-refractivity contribution in [1.82, 2.24) is 0 Å². The summed E-state index contributed by atoms with van der Waals surface area (Å²) in [5.74, 6) is 0.880. The Bertz CT molecular complexity index is 688. The number of benzene rings is 2. The number of carbonyl (C=O) groups excluding carboxylic acids is 1. The number of hydrogen-bond acceptors (Lipinski definition) is 3. The van der Waals surface area contributed by atoms with Crippen LogP contribution in [0.5, 0.6) is 5.75 Å². The third kappa shape index (κ3) is 4.42. The molecule has 0 fully saturated rings. The summed E-state index contributed by atoms with van der Waals surface area (Å²) in [6.45, 7) is 4.09. The van der Waals surface area contributed by atoms with Crippen LogP contribution in [0.25, 0.3) is 0 Å². The molecule has 0 spiro atoms. The highest BCUT2D eigenvalue weighted by atomic mass is 35.5. The van der Waals surface area contributed by atoms with Gasteiger partial charge in [0.15, 0.2) is 0 Å². The van der Waals surface area contributed by atoms with Crippen LogP contribution in [0.4, 0.5) is 5.69 Å². The molecule has 0 aromatic heterocycles. The van der Waals surface area contributed by atoms with Crippen LogP contribution < -0.4 is 10.1 Å². The lowest BCUT2D eigenvalue weighted by Gasteiger charge is -2.09. The van der Waals surface area contributed by atoms with E-state index in [2.05, 4.69) is 23.5 Å². The summed E-state index contributed by atoms with van der Waals surface area (Å²) in [6.07, 6.45) is 0. The fourth-order valence-electron chi connectivity index (χ4n) is 1.95. The van der Waals surface area contributed by atoms with Crippen molar-refractivity contribution in [3.63, 3.8) is 0 Å². The van der Waals surface area contributed by atoms with Crippen molar-refractivity contribution in [2.75, 3.05) is 18.2 Å². The van der Waals surface area contributed by atoms with Gasteiger partial charge >= 0.3 is 0 Å². The Morgan fingerprint density at radius 1 is 1.23 bits per heavy atom. The number of anilines is 1. The molecule has 1 amide bonds. The Hall–Kier alpha value is -1.65. The van der Waals surface area contributed by atoms with Gasteiger partial charge in [0.2, 0.25) is 5.91 Å². The molecule has 0 atom stereocenters. The number of nitrogens with one attached hydrogen (secondary N) is 1. The van der Waals surface area contributed by atoms with Crippen molar-refractivity contribution in [2.24, 2.45) is 0 Å². The first-order valence-corrected chi connectivity index (χ1v) is 8.19. The minimum absolute atomic E-state index is 0.0628. The number of thioether (sulfide) groups is 1. The molecule has 2 aromatic rings. The molecular formula is C17H18ClNO2S. The van der Waals surface area contributed by atoms with Crippen LogP contribution in [-0.2, 0) is 4.79 Å². The van der Waals surface area contributed by atoms with E-state index in [1.54, 1.807) is 25.3 Å². The van der Waals surface area contributed by atoms with Crippen LogP contribution in [0.2, 0.25) is 5.02 Å². The number of ether oxygens (including phenoxy) is 1. The monoisotopic (exact) mass is 335 g/mol. The summed E-state index contributed by atoms with van der Waals surface area (Å²) in [6, 6.07) is 11.4. The van der Waals surface area contributed by atoms with E-state index in [9.17, 15) is 4.79 Å². The van der Waals surface area contributed by atoms with Gasteiger partial charge < -0.3 is 10.1 Å². The van der Waals surface area contributed by atoms with E-state index in [0.29, 0.717) is 22.2 Å². The molecule has 5 heteroatoms. The lowest BCUT2D eigenvalue weighted by Crippen LogP contribution is -2.14. The van der Waals surface area contributed by atoms with E-state index in [1.807, 2.05) is 13.8 Å². The maximum atomic E-state index is 12.0. The van der Waals surface area contributed by atoms with Crippen LogP contribution >= 0.6 is 23.4 Å². The van der Waals surface area contributed by atoms with E-state index in [4.69, 9.17) is 16.3 Å². The number of hydrogen-bond donors (Lipinski definition) is 1. The molecule has 1 N–H and O–H groups in total. The zero-order chi connectivity index (χ0) is 16.1. The lowest BCUT2D eigenvalue weighted by molar-refractivity contribution is -0.113. The van der Waals surface area contributed by atoms with E-state index >= 15 is 0 Å². The van der Waals surface area contributed by atoms with Gasteiger partial charge in [0.25, 0.3) is 0 Å². The van der Waals surface area contributed by atoms with Gasteiger partial charge in [-0.1, -0.05) is 29.3 Å². The molecule has 0 radical (unpaired) electrons. The number of halogens is 1. The molecule has 22 heavy (non-hydrogen) atoms. The van der Waals surface area contributed by atoms with Gasteiger partial charge in [-0.25, -0.2) is 0 Å². The largest absolute Gasteiger partial charge is 0.495 e. The smallest absolute Gasteiger partial charge is 0.234 e. The van der Waals surface area contributed by atoms with Gasteiger partial charge in [-0.3, -0.25) is 4.79 Å². The minimum atomic E-state index is -0.0628. The van der Waals surface area contributed by atoms with Gasteiger partial charge in [0.1, 0.15) is 5.75 Å². The summed E-state index contributed by atoms with van der Waals surface area (Å²) in [5, 5.41) is 3.31. The molecule has 3 nitrogen and oxygen atoms in total. The molecule has 0 saturated heterocycles. The molecule has 2 rings (SSSR count). The van der Waals surface area contributed by atoms with Crippen LogP contribution in [0.3, 0.4) is 0 Å². The summed E-state index contributed by atoms with van der Waals surface area (Å²) in [4.78, 5) is 13.2. The standard InChI is InChI=1S/C17H18ClNO2S/c1-11-4-5-12(2)16(8-11)22-10-17(20)19-13-6-7-15(21-3)14(18)9-13/h4-9H,10H2,1-3H3,(H,19,20). The maximum Gasteiger partial charge on any atom is 0.234 e. The van der Waals surface area contributed by atoms with Crippen LogP contribution in [0, 0.1) is 13.8 Å². The van der Waals surface area contributed by atoms with E-state index in [0.717, 1.165) is 4.90 Å². The summed E-state index contributed by atoms with van der Waals surface area (Å²) in [5.41, 5.74) is 3.03.